The van der Waals surface area contributed by atoms with Crippen LogP contribution in [0.2, 0.25) is 0 Å². The minimum absolute atomic E-state index is 0.770. The zero-order chi connectivity index (χ0) is 9.26. The second-order valence-electron chi connectivity index (χ2n) is 5.18. The maximum Gasteiger partial charge on any atom is 0.00387 e. The van der Waals surface area contributed by atoms with E-state index in [0.717, 1.165) is 17.9 Å². The second kappa shape index (κ2) is 4.00. The van der Waals surface area contributed by atoms with E-state index in [0.29, 0.717) is 0 Å². The van der Waals surface area contributed by atoms with E-state index in [1.165, 1.54) is 45.2 Å². The number of hydrogen-bond donors (Lipinski definition) is 0. The summed E-state index contributed by atoms with van der Waals surface area (Å²) in [7, 11) is 0. The molecule has 2 fully saturated rings. The number of nitrogens with zero attached hydrogens (tertiary/aromatic N) is 1. The smallest absolute Gasteiger partial charge is 0.00387 e. The average molecular weight is 181 g/mol. The highest BCUT2D eigenvalue weighted by molar-refractivity contribution is 4.84. The lowest BCUT2D eigenvalue weighted by atomic mass is 9.90. The molecule has 1 aliphatic carbocycles. The highest BCUT2D eigenvalue weighted by atomic mass is 15.2. The first-order valence-corrected chi connectivity index (χ1v) is 6.01. The van der Waals surface area contributed by atoms with Gasteiger partial charge in [0.25, 0.3) is 0 Å². The summed E-state index contributed by atoms with van der Waals surface area (Å²) in [5, 5.41) is 0. The molecule has 0 aromatic rings. The molecule has 1 atom stereocenters. The van der Waals surface area contributed by atoms with Crippen LogP contribution in [0.4, 0.5) is 0 Å². The zero-order valence-corrected chi connectivity index (χ0v) is 9.13. The molecule has 0 N–H and O–H groups in total. The van der Waals surface area contributed by atoms with Crippen molar-refractivity contribution in [2.24, 2.45) is 11.8 Å². The van der Waals surface area contributed by atoms with E-state index in [1.807, 2.05) is 0 Å². The Hall–Kier alpha value is -0.0400. The Labute approximate surface area is 82.5 Å². The molecular weight excluding hydrogens is 158 g/mol. The van der Waals surface area contributed by atoms with E-state index < -0.39 is 0 Å². The SMILES string of the molecule is CC(C)N1CCC(C2CCCC2)C1. The van der Waals surface area contributed by atoms with Crippen molar-refractivity contribution in [2.75, 3.05) is 13.1 Å². The second-order valence-corrected chi connectivity index (χ2v) is 5.18. The topological polar surface area (TPSA) is 3.24 Å². The van der Waals surface area contributed by atoms with Crippen LogP contribution in [-0.2, 0) is 0 Å². The van der Waals surface area contributed by atoms with E-state index in [4.69, 9.17) is 0 Å². The fraction of sp³-hybridized carbons (Fsp3) is 1.00. The molecule has 1 unspecified atom stereocenters. The Morgan fingerprint density at radius 1 is 1.00 bits per heavy atom. The summed E-state index contributed by atoms with van der Waals surface area (Å²) in [6.07, 6.45) is 7.53. The largest absolute Gasteiger partial charge is 0.301 e. The predicted molar refractivity (Wildman–Crippen MR) is 56.8 cm³/mol. The molecule has 1 saturated heterocycles. The molecule has 1 saturated carbocycles. The van der Waals surface area contributed by atoms with Gasteiger partial charge in [0.1, 0.15) is 0 Å². The molecule has 76 valence electrons. The van der Waals surface area contributed by atoms with Gasteiger partial charge in [-0.25, -0.2) is 0 Å². The lowest BCUT2D eigenvalue weighted by Gasteiger charge is -2.22. The molecule has 1 heteroatoms. The monoisotopic (exact) mass is 181 g/mol. The first-order valence-electron chi connectivity index (χ1n) is 6.01. The number of hydrogen-bond acceptors (Lipinski definition) is 1. The van der Waals surface area contributed by atoms with Crippen LogP contribution in [0.25, 0.3) is 0 Å². The van der Waals surface area contributed by atoms with Gasteiger partial charge < -0.3 is 4.90 Å². The third-order valence-electron chi connectivity index (χ3n) is 4.05. The highest BCUT2D eigenvalue weighted by Crippen LogP contribution is 2.36. The van der Waals surface area contributed by atoms with Crippen molar-refractivity contribution in [1.29, 1.82) is 0 Å². The van der Waals surface area contributed by atoms with Crippen LogP contribution in [0.15, 0.2) is 0 Å². The third kappa shape index (κ3) is 2.07. The van der Waals surface area contributed by atoms with Gasteiger partial charge in [-0.3, -0.25) is 0 Å². The fourth-order valence-corrected chi connectivity index (χ4v) is 3.10. The van der Waals surface area contributed by atoms with Crippen molar-refractivity contribution in [3.8, 4) is 0 Å². The molecule has 0 spiro atoms. The Morgan fingerprint density at radius 3 is 2.23 bits per heavy atom. The normalized spacial score (nSPS) is 32.1. The van der Waals surface area contributed by atoms with Gasteiger partial charge in [0.05, 0.1) is 0 Å². The summed E-state index contributed by atoms with van der Waals surface area (Å²) < 4.78 is 0. The minimum atomic E-state index is 0.770. The number of rotatable bonds is 2. The quantitative estimate of drug-likeness (QED) is 0.633. The van der Waals surface area contributed by atoms with Crippen LogP contribution in [-0.4, -0.2) is 24.0 Å². The summed E-state index contributed by atoms with van der Waals surface area (Å²) in [5.74, 6) is 2.13. The van der Waals surface area contributed by atoms with E-state index >= 15 is 0 Å². The van der Waals surface area contributed by atoms with Crippen LogP contribution in [0.1, 0.15) is 46.0 Å². The molecule has 1 nitrogen and oxygen atoms in total. The van der Waals surface area contributed by atoms with E-state index in [2.05, 4.69) is 18.7 Å². The molecule has 0 amide bonds. The molecule has 1 heterocycles. The Kier molecular flexibility index (Phi) is 2.92. The minimum Gasteiger partial charge on any atom is -0.301 e. The Morgan fingerprint density at radius 2 is 1.69 bits per heavy atom. The summed E-state index contributed by atoms with van der Waals surface area (Å²) >= 11 is 0. The lowest BCUT2D eigenvalue weighted by molar-refractivity contribution is 0.246. The average Bonchev–Trinajstić information content (AvgIpc) is 2.75. The van der Waals surface area contributed by atoms with Gasteiger partial charge in [-0.05, 0) is 38.6 Å². The molecule has 0 bridgehead atoms. The van der Waals surface area contributed by atoms with Gasteiger partial charge in [0, 0.05) is 12.6 Å². The Balaban J connectivity index is 1.83. The van der Waals surface area contributed by atoms with Crippen molar-refractivity contribution < 1.29 is 0 Å². The summed E-state index contributed by atoms with van der Waals surface area (Å²) in [6.45, 7) is 7.41. The van der Waals surface area contributed by atoms with E-state index in [-0.39, 0.29) is 0 Å². The summed E-state index contributed by atoms with van der Waals surface area (Å²) in [5.41, 5.74) is 0. The Bertz CT molecular complexity index is 159. The third-order valence-corrected chi connectivity index (χ3v) is 4.05. The van der Waals surface area contributed by atoms with Crippen molar-refractivity contribution in [1.82, 2.24) is 4.90 Å². The van der Waals surface area contributed by atoms with Crippen LogP contribution in [0.5, 0.6) is 0 Å². The van der Waals surface area contributed by atoms with Crippen LogP contribution in [0.3, 0.4) is 0 Å². The van der Waals surface area contributed by atoms with Crippen molar-refractivity contribution in [3.63, 3.8) is 0 Å². The maximum atomic E-state index is 2.66. The van der Waals surface area contributed by atoms with Gasteiger partial charge in [0.15, 0.2) is 0 Å². The van der Waals surface area contributed by atoms with Gasteiger partial charge in [-0.2, -0.15) is 0 Å². The molecule has 0 radical (unpaired) electrons. The molecule has 13 heavy (non-hydrogen) atoms. The van der Waals surface area contributed by atoms with E-state index in [1.54, 1.807) is 0 Å². The van der Waals surface area contributed by atoms with E-state index in [9.17, 15) is 0 Å². The maximum absolute atomic E-state index is 2.66. The lowest BCUT2D eigenvalue weighted by Crippen LogP contribution is -2.29. The van der Waals surface area contributed by atoms with Crippen molar-refractivity contribution >= 4 is 0 Å². The van der Waals surface area contributed by atoms with Gasteiger partial charge >= 0.3 is 0 Å². The molecular formula is C12H23N. The van der Waals surface area contributed by atoms with Gasteiger partial charge in [-0.15, -0.1) is 0 Å². The first-order chi connectivity index (χ1) is 6.27. The molecule has 0 aromatic carbocycles. The molecule has 0 aromatic heterocycles. The highest BCUT2D eigenvalue weighted by Gasteiger charge is 2.31. The zero-order valence-electron chi connectivity index (χ0n) is 9.13. The fourth-order valence-electron chi connectivity index (χ4n) is 3.10. The van der Waals surface area contributed by atoms with Gasteiger partial charge in [0.2, 0.25) is 0 Å². The first kappa shape index (κ1) is 9.51. The van der Waals surface area contributed by atoms with Gasteiger partial charge in [-0.1, -0.05) is 25.7 Å². The van der Waals surface area contributed by atoms with Crippen molar-refractivity contribution in [3.05, 3.63) is 0 Å². The van der Waals surface area contributed by atoms with Crippen LogP contribution < -0.4 is 0 Å². The molecule has 2 aliphatic rings. The number of likely N-dealkylation sites (tertiary alicyclic amines) is 1. The summed E-state index contributed by atoms with van der Waals surface area (Å²) in [4.78, 5) is 2.66. The van der Waals surface area contributed by atoms with Crippen molar-refractivity contribution in [2.45, 2.75) is 52.0 Å². The van der Waals surface area contributed by atoms with Crippen LogP contribution in [0, 0.1) is 11.8 Å². The molecule has 1 aliphatic heterocycles. The molecule has 2 rings (SSSR count). The van der Waals surface area contributed by atoms with Crippen LogP contribution >= 0.6 is 0 Å². The predicted octanol–water partition coefficient (Wildman–Crippen LogP) is 2.91. The standard InChI is InChI=1S/C12H23N/c1-10(2)13-8-7-12(9-13)11-5-3-4-6-11/h10-12H,3-9H2,1-2H3. The summed E-state index contributed by atoms with van der Waals surface area (Å²) in [6, 6.07) is 0.770.